The number of fused-ring (bicyclic) bond motifs is 1. The van der Waals surface area contributed by atoms with Crippen LogP contribution in [0.1, 0.15) is 146 Å². The van der Waals surface area contributed by atoms with Gasteiger partial charge in [-0.3, -0.25) is 39.0 Å². The number of unbranched alkanes of at least 4 members (excludes halogenated alkanes) is 7. The molecule has 1 N–H and O–H groups in total. The Morgan fingerprint density at radius 1 is 1.00 bits per heavy atom. The van der Waals surface area contributed by atoms with Crippen LogP contribution in [0.15, 0.2) is 72.9 Å². The van der Waals surface area contributed by atoms with E-state index in [0.717, 1.165) is 90.2 Å². The van der Waals surface area contributed by atoms with E-state index < -0.39 is 77.2 Å². The largest absolute Gasteiger partial charge is 0.508 e. The number of aliphatic hydroxyl groups excluding tert-OH is 1. The van der Waals surface area contributed by atoms with Gasteiger partial charge < -0.3 is 24.1 Å². The Morgan fingerprint density at radius 3 is 2.37 bits per heavy atom. The molecule has 2 aliphatic rings. The minimum absolute atomic E-state index is 0.0547. The first-order valence-electron chi connectivity index (χ1n) is 24.3. The fourth-order valence-electron chi connectivity index (χ4n) is 8.81. The number of allylic oxidation sites excluding steroid dienone is 2. The number of ketones is 1. The molecule has 17 heteroatoms. The quantitative estimate of drug-likeness (QED) is 0.0225. The number of carbonyl (C=O) groups excluding carboxylic acids is 6. The smallest absolute Gasteiger partial charge is 0.457 e. The van der Waals surface area contributed by atoms with Crippen LogP contribution in [0.4, 0.5) is 10.5 Å². The highest BCUT2D eigenvalue weighted by atomic mass is 32.1. The summed E-state index contributed by atoms with van der Waals surface area (Å²) < 4.78 is 23.7. The van der Waals surface area contributed by atoms with Crippen molar-refractivity contribution in [3.63, 3.8) is 0 Å². The number of carbonyl (C=O) groups is 6. The third-order valence-corrected chi connectivity index (χ3v) is 14.0. The maximum atomic E-state index is 14.5. The van der Waals surface area contributed by atoms with Crippen LogP contribution < -0.4 is 4.74 Å². The van der Waals surface area contributed by atoms with Gasteiger partial charge in [-0.05, 0) is 101 Å². The minimum atomic E-state index is -1.56. The number of ether oxygens (including phenoxy) is 4. The second-order valence-electron chi connectivity index (χ2n) is 18.9. The summed E-state index contributed by atoms with van der Waals surface area (Å²) in [7, 11) is 0. The summed E-state index contributed by atoms with van der Waals surface area (Å²) in [5.74, 6) is -3.84. The zero-order valence-corrected chi connectivity index (χ0v) is 41.8. The molecule has 0 saturated heterocycles. The van der Waals surface area contributed by atoms with E-state index in [0.29, 0.717) is 25.8 Å². The van der Waals surface area contributed by atoms with Crippen molar-refractivity contribution in [2.24, 2.45) is 17.3 Å². The Labute approximate surface area is 413 Å². The van der Waals surface area contributed by atoms with Gasteiger partial charge in [-0.2, -0.15) is 0 Å². The molecule has 0 radical (unpaired) electrons. The molecule has 2 amide bonds. The topological polar surface area (TPSA) is 219 Å². The number of aromatic nitrogens is 1. The van der Waals surface area contributed by atoms with Gasteiger partial charge in [0.05, 0.1) is 38.1 Å². The molecule has 5 atom stereocenters. The van der Waals surface area contributed by atoms with Crippen LogP contribution >= 0.6 is 11.3 Å². The van der Waals surface area contributed by atoms with E-state index in [2.05, 4.69) is 11.6 Å². The number of benzene rings is 2. The molecule has 0 fully saturated rings. The van der Waals surface area contributed by atoms with E-state index in [9.17, 15) is 44.0 Å². The van der Waals surface area contributed by atoms with Gasteiger partial charge in [0.1, 0.15) is 24.6 Å². The number of amides is 2. The summed E-state index contributed by atoms with van der Waals surface area (Å²) in [4.78, 5) is 95.3. The van der Waals surface area contributed by atoms with E-state index >= 15 is 0 Å². The summed E-state index contributed by atoms with van der Waals surface area (Å²) in [6.07, 6.45) is 10.5. The SMILES string of the molecule is C=CC[C@H]1C(=O)C(C)(C)[C@@H](OC(=O)OCc2ccc(OC(=O)CCCCCCCCCCN3C(=O)C=CC3=O)c([N+](=O)[O-])c2)CC(=O)O[C@H](c2ccc3sc(C)nc3c2)C/C=C(/C)CCC[C@H](C)[C@@H]1O. The molecule has 5 rings (SSSR count). The average molecular weight is 986 g/mol. The molecule has 0 bridgehead atoms. The van der Waals surface area contributed by atoms with Crippen molar-refractivity contribution in [2.75, 3.05) is 6.54 Å². The maximum absolute atomic E-state index is 14.5. The molecule has 16 nitrogen and oxygen atoms in total. The van der Waals surface area contributed by atoms with E-state index in [-0.39, 0.29) is 41.9 Å². The molecule has 378 valence electrons. The van der Waals surface area contributed by atoms with Crippen molar-refractivity contribution < 1.29 is 57.7 Å². The molecule has 0 spiro atoms. The number of aliphatic hydroxyl groups is 1. The van der Waals surface area contributed by atoms with Crippen LogP contribution in [0.25, 0.3) is 10.2 Å². The third-order valence-electron chi connectivity index (χ3n) is 13.1. The monoisotopic (exact) mass is 985 g/mol. The van der Waals surface area contributed by atoms with Crippen LogP contribution in [0.3, 0.4) is 0 Å². The molecular formula is C53H67N3O13S. The molecule has 3 aromatic rings. The molecule has 0 unspecified atom stereocenters. The molecule has 2 aliphatic heterocycles. The Balaban J connectivity index is 1.21. The highest BCUT2D eigenvalue weighted by molar-refractivity contribution is 7.18. The van der Waals surface area contributed by atoms with Crippen LogP contribution in [0, 0.1) is 34.3 Å². The van der Waals surface area contributed by atoms with Gasteiger partial charge in [0, 0.05) is 43.5 Å². The molecule has 2 aromatic carbocycles. The van der Waals surface area contributed by atoms with Crippen LogP contribution in [0.5, 0.6) is 5.75 Å². The highest BCUT2D eigenvalue weighted by Gasteiger charge is 2.46. The van der Waals surface area contributed by atoms with Crippen molar-refractivity contribution in [3.05, 3.63) is 99.1 Å². The number of nitro benzene ring substituents is 1. The predicted octanol–water partition coefficient (Wildman–Crippen LogP) is 10.9. The number of hydrogen-bond donors (Lipinski definition) is 1. The summed E-state index contributed by atoms with van der Waals surface area (Å²) in [5.41, 5.74) is 0.670. The number of esters is 2. The van der Waals surface area contributed by atoms with Crippen molar-refractivity contribution in [2.45, 2.75) is 156 Å². The molecule has 0 saturated carbocycles. The van der Waals surface area contributed by atoms with Gasteiger partial charge in [-0.1, -0.05) is 75.3 Å². The average Bonchev–Trinajstić information content (AvgIpc) is 3.86. The van der Waals surface area contributed by atoms with E-state index in [4.69, 9.17) is 18.9 Å². The van der Waals surface area contributed by atoms with Crippen LogP contribution in [-0.4, -0.2) is 74.4 Å². The Morgan fingerprint density at radius 2 is 1.69 bits per heavy atom. The lowest BCUT2D eigenvalue weighted by Crippen LogP contribution is -2.48. The molecule has 3 heterocycles. The Bertz CT molecular complexity index is 2420. The number of rotatable bonds is 19. The van der Waals surface area contributed by atoms with Gasteiger partial charge in [-0.15, -0.1) is 17.9 Å². The zero-order chi connectivity index (χ0) is 51.0. The lowest BCUT2D eigenvalue weighted by Gasteiger charge is -2.37. The normalized spacial score (nSPS) is 22.1. The fourth-order valence-corrected chi connectivity index (χ4v) is 9.62. The molecule has 1 aromatic heterocycles. The fraction of sp³-hybridized carbons (Fsp3) is 0.528. The number of nitrogens with zero attached hydrogens (tertiary/aromatic N) is 3. The zero-order valence-electron chi connectivity index (χ0n) is 41.0. The number of Topliss-reactive ketones (excluding diaryl/α,β-unsaturated/α-hetero) is 1. The number of aryl methyl sites for hydroxylation is 1. The van der Waals surface area contributed by atoms with Crippen molar-refractivity contribution in [1.82, 2.24) is 9.88 Å². The van der Waals surface area contributed by atoms with Gasteiger partial charge in [-0.25, -0.2) is 9.78 Å². The summed E-state index contributed by atoms with van der Waals surface area (Å²) >= 11 is 1.55. The van der Waals surface area contributed by atoms with Crippen LogP contribution in [-0.2, 0) is 44.8 Å². The first-order valence-corrected chi connectivity index (χ1v) is 25.1. The Kier molecular flexibility index (Phi) is 20.6. The number of nitro groups is 1. The first-order chi connectivity index (χ1) is 33.4. The number of thiazole rings is 1. The number of imide groups is 1. The van der Waals surface area contributed by atoms with Gasteiger partial charge in [0.2, 0.25) is 5.75 Å². The third kappa shape index (κ3) is 15.7. The van der Waals surface area contributed by atoms with Gasteiger partial charge in [0.15, 0.2) is 0 Å². The number of cyclic esters (lactones) is 1. The second kappa shape index (κ2) is 26.2. The summed E-state index contributed by atoms with van der Waals surface area (Å²) in [6.45, 7) is 12.6. The lowest BCUT2D eigenvalue weighted by molar-refractivity contribution is -0.385. The molecular weight excluding hydrogens is 919 g/mol. The minimum Gasteiger partial charge on any atom is -0.457 e. The summed E-state index contributed by atoms with van der Waals surface area (Å²) in [6, 6.07) is 9.49. The van der Waals surface area contributed by atoms with E-state index in [1.165, 1.54) is 29.2 Å². The molecule has 0 aliphatic carbocycles. The van der Waals surface area contributed by atoms with Crippen molar-refractivity contribution in [1.29, 1.82) is 0 Å². The first kappa shape index (κ1) is 54.9. The predicted molar refractivity (Wildman–Crippen MR) is 263 cm³/mol. The Hall–Kier alpha value is -6.07. The number of hydrogen-bond acceptors (Lipinski definition) is 15. The standard InChI is InChI=1S/C53H67N3O13S/c1-7-17-39-50(61)35(3)19-16-18-34(2)21-24-42(38-23-26-44-40(31-38)54-36(4)70-44)67-49(60)32-45(53(5,6)51(39)62)69-52(63)66-33-37-22-25-43(41(30-37)56(64)65)68-48(59)20-14-12-10-8-9-11-13-15-29-55-46(57)27-28-47(55)58/h7,21-23,25-28,30-31,35,39,42,45,50,61H,1,8-20,24,29,32-33H2,2-6H3/b34-21-/t35-,39+,42-,45-,50-/m0/s1. The highest BCUT2D eigenvalue weighted by Crippen LogP contribution is 2.37. The molecule has 70 heavy (non-hydrogen) atoms. The van der Waals surface area contributed by atoms with E-state index in [1.807, 2.05) is 45.0 Å². The van der Waals surface area contributed by atoms with Crippen molar-refractivity contribution in [3.8, 4) is 5.75 Å². The lowest BCUT2D eigenvalue weighted by atomic mass is 9.71. The van der Waals surface area contributed by atoms with Crippen LogP contribution in [0.2, 0.25) is 0 Å². The van der Waals surface area contributed by atoms with Gasteiger partial charge in [0.25, 0.3) is 11.8 Å². The van der Waals surface area contributed by atoms with Gasteiger partial charge >= 0.3 is 23.8 Å². The summed E-state index contributed by atoms with van der Waals surface area (Å²) in [5, 5.41) is 24.6. The van der Waals surface area contributed by atoms with E-state index in [1.54, 1.807) is 31.3 Å². The van der Waals surface area contributed by atoms with Crippen molar-refractivity contribution >= 4 is 62.9 Å². The maximum Gasteiger partial charge on any atom is 0.508 e. The second-order valence-corrected chi connectivity index (χ2v) is 20.2.